The Hall–Kier alpha value is -3.36. The highest BCUT2D eigenvalue weighted by Gasteiger charge is 2.29. The van der Waals surface area contributed by atoms with E-state index in [1.165, 1.54) is 4.31 Å². The number of aryl methyl sites for hydroxylation is 3. The Kier molecular flexibility index (Phi) is 7.66. The minimum atomic E-state index is -2.52. The molecule has 0 aromatic heterocycles. The van der Waals surface area contributed by atoms with Gasteiger partial charge in [-0.2, -0.15) is 0 Å². The second-order valence-electron chi connectivity index (χ2n) is 9.10. The predicted molar refractivity (Wildman–Crippen MR) is 139 cm³/mol. The smallest absolute Gasteiger partial charge is 0.341 e. The average molecular weight is 509 g/mol. The number of aliphatic carboxylic acids is 1. The zero-order valence-corrected chi connectivity index (χ0v) is 21.7. The molecule has 0 heterocycles. The first-order valence-electron chi connectivity index (χ1n) is 11.8. The van der Waals surface area contributed by atoms with Crippen LogP contribution in [0.25, 0.3) is 11.1 Å². The summed E-state index contributed by atoms with van der Waals surface area (Å²) in [5.74, 6) is 0.302. The number of benzene rings is 3. The molecule has 0 saturated heterocycles. The molecule has 1 aliphatic rings. The lowest BCUT2D eigenvalue weighted by Crippen LogP contribution is -2.33. The van der Waals surface area contributed by atoms with E-state index in [1.54, 1.807) is 19.2 Å². The number of carboxylic acid groups (broad SMARTS) is 1. The highest BCUT2D eigenvalue weighted by molar-refractivity contribution is 7.80. The van der Waals surface area contributed by atoms with E-state index in [0.717, 1.165) is 51.1 Å². The summed E-state index contributed by atoms with van der Waals surface area (Å²) >= 11 is -2.52. The molecular formula is C28H30NO6S-. The van der Waals surface area contributed by atoms with Crippen molar-refractivity contribution in [1.82, 2.24) is 0 Å². The van der Waals surface area contributed by atoms with Gasteiger partial charge >= 0.3 is 5.97 Å². The lowest BCUT2D eigenvalue weighted by atomic mass is 9.86. The van der Waals surface area contributed by atoms with E-state index in [4.69, 9.17) is 14.6 Å². The van der Waals surface area contributed by atoms with Gasteiger partial charge in [-0.05, 0) is 109 Å². The Balaban J connectivity index is 1.71. The maximum absolute atomic E-state index is 12.5. The minimum Gasteiger partial charge on any atom is -0.755 e. The third-order valence-corrected chi connectivity index (χ3v) is 7.45. The third kappa shape index (κ3) is 5.10. The maximum atomic E-state index is 12.5. The molecule has 36 heavy (non-hydrogen) atoms. The number of methoxy groups -OCH3 is 1. The number of carboxylic acids is 1. The highest BCUT2D eigenvalue weighted by Crippen LogP contribution is 2.42. The summed E-state index contributed by atoms with van der Waals surface area (Å²) in [7, 11) is 1.66. The van der Waals surface area contributed by atoms with Gasteiger partial charge in [0.1, 0.15) is 11.5 Å². The zero-order chi connectivity index (χ0) is 26.0. The van der Waals surface area contributed by atoms with Gasteiger partial charge in [0.15, 0.2) is 6.61 Å². The fourth-order valence-corrected chi connectivity index (χ4v) is 5.93. The molecule has 4 rings (SSSR count). The van der Waals surface area contributed by atoms with Crippen molar-refractivity contribution in [2.45, 2.75) is 46.1 Å². The summed E-state index contributed by atoms with van der Waals surface area (Å²) in [6.07, 6.45) is 2.12. The second kappa shape index (κ2) is 10.7. The van der Waals surface area contributed by atoms with Gasteiger partial charge in [0.05, 0.1) is 13.2 Å². The van der Waals surface area contributed by atoms with Gasteiger partial charge < -0.3 is 19.1 Å². The van der Waals surface area contributed by atoms with Gasteiger partial charge in [-0.3, -0.25) is 8.51 Å². The van der Waals surface area contributed by atoms with Crippen molar-refractivity contribution in [2.75, 3.05) is 18.0 Å². The molecule has 0 spiro atoms. The van der Waals surface area contributed by atoms with Gasteiger partial charge in [0.25, 0.3) is 0 Å². The van der Waals surface area contributed by atoms with Crippen LogP contribution in [0.15, 0.2) is 48.5 Å². The first-order chi connectivity index (χ1) is 17.2. The van der Waals surface area contributed by atoms with Crippen LogP contribution in [0, 0.1) is 20.8 Å². The molecule has 8 heteroatoms. The second-order valence-corrected chi connectivity index (χ2v) is 9.93. The molecule has 2 atom stereocenters. The molecule has 3 aromatic carbocycles. The molecule has 190 valence electrons. The minimum absolute atomic E-state index is 0.406. The van der Waals surface area contributed by atoms with Crippen LogP contribution in [0.5, 0.6) is 11.5 Å². The van der Waals surface area contributed by atoms with Gasteiger partial charge in [0.2, 0.25) is 0 Å². The van der Waals surface area contributed by atoms with Crippen LogP contribution in [-0.4, -0.2) is 33.6 Å². The molecule has 0 saturated carbocycles. The van der Waals surface area contributed by atoms with Gasteiger partial charge in [-0.25, -0.2) is 4.79 Å². The van der Waals surface area contributed by atoms with Crippen molar-refractivity contribution in [1.29, 1.82) is 0 Å². The number of ether oxygens (including phenoxy) is 2. The summed E-state index contributed by atoms with van der Waals surface area (Å²) in [5, 5.41) is 9.01. The van der Waals surface area contributed by atoms with Gasteiger partial charge in [0, 0.05) is 17.0 Å². The van der Waals surface area contributed by atoms with Crippen LogP contribution < -0.4 is 13.8 Å². The maximum Gasteiger partial charge on any atom is 0.341 e. The molecule has 2 unspecified atom stereocenters. The highest BCUT2D eigenvalue weighted by atomic mass is 32.2. The average Bonchev–Trinajstić information content (AvgIpc) is 2.82. The van der Waals surface area contributed by atoms with E-state index in [2.05, 4.69) is 12.1 Å². The van der Waals surface area contributed by atoms with E-state index in [-0.39, 0.29) is 0 Å². The number of hydrogen-bond acceptors (Lipinski definition) is 5. The lowest BCUT2D eigenvalue weighted by Gasteiger charge is -2.38. The molecule has 1 N–H and O–H groups in total. The van der Waals surface area contributed by atoms with E-state index >= 15 is 0 Å². The topological polar surface area (TPSA) is 99.1 Å². The van der Waals surface area contributed by atoms with E-state index < -0.39 is 29.9 Å². The van der Waals surface area contributed by atoms with Crippen LogP contribution in [0.4, 0.5) is 5.69 Å². The molecule has 1 aliphatic carbocycles. The van der Waals surface area contributed by atoms with Crippen molar-refractivity contribution in [3.05, 3.63) is 76.3 Å². The zero-order valence-electron chi connectivity index (χ0n) is 20.9. The lowest BCUT2D eigenvalue weighted by molar-refractivity contribution is -0.139. The molecule has 0 fully saturated rings. The van der Waals surface area contributed by atoms with Crippen LogP contribution in [0.3, 0.4) is 0 Å². The normalized spacial score (nSPS) is 15.6. The summed E-state index contributed by atoms with van der Waals surface area (Å²) in [6, 6.07) is 14.9. The Bertz CT molecular complexity index is 1300. The molecule has 0 amide bonds. The number of rotatable bonds is 8. The van der Waals surface area contributed by atoms with Crippen LogP contribution >= 0.6 is 0 Å². The molecular weight excluding hydrogens is 478 g/mol. The summed E-state index contributed by atoms with van der Waals surface area (Å²) in [4.78, 5) is 11.0. The van der Waals surface area contributed by atoms with Crippen LogP contribution in [0.1, 0.15) is 46.7 Å². The van der Waals surface area contributed by atoms with Crippen LogP contribution in [0.2, 0.25) is 0 Å². The standard InChI is InChI=1S/C28H31NO6S/c1-17-15-21(11-12-22(17)20-13-18(2)28(34-4)19(3)14-20)29(36(32)33)25-9-5-8-24-23(25)7-6-10-26(24)35-16-27(30)31/h6-7,10-15,25H,5,8-9,16H2,1-4H3,(H,30,31)(H,32,33)/p-1. The Labute approximate surface area is 214 Å². The number of nitrogens with zero attached hydrogens (tertiary/aromatic N) is 1. The summed E-state index contributed by atoms with van der Waals surface area (Å²) in [6.45, 7) is 5.56. The summed E-state index contributed by atoms with van der Waals surface area (Å²) in [5.41, 5.74) is 7.41. The molecule has 7 nitrogen and oxygen atoms in total. The first kappa shape index (κ1) is 25.7. The van der Waals surface area contributed by atoms with Crippen molar-refractivity contribution in [3.63, 3.8) is 0 Å². The number of anilines is 1. The molecule has 0 bridgehead atoms. The first-order valence-corrected chi connectivity index (χ1v) is 12.9. The Morgan fingerprint density at radius 3 is 2.44 bits per heavy atom. The van der Waals surface area contributed by atoms with Crippen molar-refractivity contribution < 1.29 is 28.1 Å². The van der Waals surface area contributed by atoms with E-state index in [0.29, 0.717) is 24.3 Å². The van der Waals surface area contributed by atoms with Crippen molar-refractivity contribution in [2.24, 2.45) is 0 Å². The molecule has 0 radical (unpaired) electrons. The van der Waals surface area contributed by atoms with E-state index in [9.17, 15) is 13.6 Å². The number of carbonyl (C=O) groups is 1. The van der Waals surface area contributed by atoms with Crippen LogP contribution in [-0.2, 0) is 22.5 Å². The number of fused-ring (bicyclic) bond motifs is 1. The fraction of sp³-hybridized carbons (Fsp3) is 0.321. The Morgan fingerprint density at radius 2 is 1.83 bits per heavy atom. The fourth-order valence-electron chi connectivity index (χ4n) is 5.21. The van der Waals surface area contributed by atoms with Crippen molar-refractivity contribution >= 4 is 22.9 Å². The molecule has 3 aromatic rings. The third-order valence-electron chi connectivity index (χ3n) is 6.67. The number of hydrogen-bond donors (Lipinski definition) is 1. The quantitative estimate of drug-likeness (QED) is 0.408. The predicted octanol–water partition coefficient (Wildman–Crippen LogP) is 5.43. The molecule has 0 aliphatic heterocycles. The van der Waals surface area contributed by atoms with Crippen molar-refractivity contribution in [3.8, 4) is 22.6 Å². The van der Waals surface area contributed by atoms with E-state index in [1.807, 2.05) is 45.0 Å². The van der Waals surface area contributed by atoms with Gasteiger partial charge in [-0.15, -0.1) is 0 Å². The van der Waals surface area contributed by atoms with Gasteiger partial charge in [-0.1, -0.05) is 18.2 Å². The summed E-state index contributed by atoms with van der Waals surface area (Å²) < 4.78 is 37.5. The Morgan fingerprint density at radius 1 is 1.11 bits per heavy atom. The SMILES string of the molecule is COc1c(C)cc(-c2ccc(N(C3CCCc4c(OCC(=O)O)cccc43)S(=O)[O-])cc2C)cc1C. The largest absolute Gasteiger partial charge is 0.755 e. The monoisotopic (exact) mass is 508 g/mol.